The van der Waals surface area contributed by atoms with Crippen LogP contribution in [0, 0.1) is 22.6 Å². The SMILES string of the molecule is N#CC1(N2Cc3cc(Cl)ccc3-n3c(nnc3C3CC4(C3)CN(c3ccc(F)cn3)C4)C2)CC1. The van der Waals surface area contributed by atoms with Gasteiger partial charge in [-0.1, -0.05) is 11.6 Å². The lowest BCUT2D eigenvalue weighted by atomic mass is 9.57. The molecule has 3 aromatic rings. The number of rotatable bonds is 3. The summed E-state index contributed by atoms with van der Waals surface area (Å²) in [5.41, 5.74) is 2.05. The van der Waals surface area contributed by atoms with E-state index < -0.39 is 5.54 Å². The van der Waals surface area contributed by atoms with Gasteiger partial charge in [0.15, 0.2) is 5.82 Å². The zero-order valence-corrected chi connectivity index (χ0v) is 19.3. The van der Waals surface area contributed by atoms with Crippen molar-refractivity contribution in [2.45, 2.75) is 50.2 Å². The largest absolute Gasteiger partial charge is 0.355 e. The minimum absolute atomic E-state index is 0.269. The van der Waals surface area contributed by atoms with E-state index in [2.05, 4.69) is 41.7 Å². The van der Waals surface area contributed by atoms with Crippen LogP contribution in [0.25, 0.3) is 5.69 Å². The van der Waals surface area contributed by atoms with Crippen molar-refractivity contribution >= 4 is 17.4 Å². The molecule has 0 N–H and O–H groups in total. The summed E-state index contributed by atoms with van der Waals surface area (Å²) < 4.78 is 15.4. The van der Waals surface area contributed by atoms with Crippen molar-refractivity contribution in [3.05, 3.63) is 64.6 Å². The van der Waals surface area contributed by atoms with Crippen LogP contribution in [0.5, 0.6) is 0 Å². The Balaban J connectivity index is 1.16. The normalized spacial score (nSPS) is 22.2. The molecule has 1 aromatic carbocycles. The van der Waals surface area contributed by atoms with Crippen molar-refractivity contribution in [2.24, 2.45) is 5.41 Å². The van der Waals surface area contributed by atoms with E-state index in [1.807, 2.05) is 12.1 Å². The fourth-order valence-corrected chi connectivity index (χ4v) is 6.31. The zero-order chi connectivity index (χ0) is 23.1. The number of aromatic nitrogens is 4. The number of benzene rings is 1. The fraction of sp³-hybridized carbons (Fsp3) is 0.440. The van der Waals surface area contributed by atoms with Gasteiger partial charge in [-0.05, 0) is 61.6 Å². The van der Waals surface area contributed by atoms with Crippen LogP contribution in [0.2, 0.25) is 5.02 Å². The van der Waals surface area contributed by atoms with Gasteiger partial charge in [0.25, 0.3) is 0 Å². The molecule has 1 spiro atoms. The minimum atomic E-state index is -0.398. The van der Waals surface area contributed by atoms with Gasteiger partial charge >= 0.3 is 0 Å². The molecule has 3 fully saturated rings. The highest BCUT2D eigenvalue weighted by molar-refractivity contribution is 6.30. The number of hydrogen-bond acceptors (Lipinski definition) is 6. The Hall–Kier alpha value is -3.02. The van der Waals surface area contributed by atoms with Gasteiger partial charge in [-0.2, -0.15) is 5.26 Å². The molecular weight excluding hydrogens is 453 g/mol. The molecule has 0 bridgehead atoms. The molecule has 0 radical (unpaired) electrons. The van der Waals surface area contributed by atoms with Crippen molar-refractivity contribution in [1.29, 1.82) is 5.26 Å². The molecule has 2 aliphatic heterocycles. The number of anilines is 1. The lowest BCUT2D eigenvalue weighted by Crippen LogP contribution is -2.62. The van der Waals surface area contributed by atoms with E-state index >= 15 is 0 Å². The lowest BCUT2D eigenvalue weighted by molar-refractivity contribution is 0.0581. The van der Waals surface area contributed by atoms with Crippen molar-refractivity contribution in [3.8, 4) is 11.8 Å². The molecule has 2 aliphatic carbocycles. The summed E-state index contributed by atoms with van der Waals surface area (Å²) in [6.45, 7) is 3.16. The maximum atomic E-state index is 13.2. The van der Waals surface area contributed by atoms with Crippen LogP contribution in [0.4, 0.5) is 10.2 Å². The van der Waals surface area contributed by atoms with Crippen molar-refractivity contribution < 1.29 is 4.39 Å². The van der Waals surface area contributed by atoms with Gasteiger partial charge in [-0.25, -0.2) is 9.37 Å². The molecule has 172 valence electrons. The van der Waals surface area contributed by atoms with E-state index in [-0.39, 0.29) is 11.2 Å². The van der Waals surface area contributed by atoms with Gasteiger partial charge in [0.1, 0.15) is 23.0 Å². The molecular formula is C25H23ClFN7. The molecule has 1 saturated heterocycles. The fourth-order valence-electron chi connectivity index (χ4n) is 6.12. The molecule has 7 rings (SSSR count). The second-order valence-corrected chi connectivity index (χ2v) is 10.8. The predicted molar refractivity (Wildman–Crippen MR) is 124 cm³/mol. The second-order valence-electron chi connectivity index (χ2n) is 10.4. The number of nitriles is 1. The Morgan fingerprint density at radius 1 is 1.09 bits per heavy atom. The molecule has 4 heterocycles. The van der Waals surface area contributed by atoms with E-state index in [9.17, 15) is 9.65 Å². The maximum Gasteiger partial charge on any atom is 0.151 e. The smallest absolute Gasteiger partial charge is 0.151 e. The quantitative estimate of drug-likeness (QED) is 0.565. The number of hydrogen-bond donors (Lipinski definition) is 0. The summed E-state index contributed by atoms with van der Waals surface area (Å²) >= 11 is 6.37. The van der Waals surface area contributed by atoms with E-state index in [0.29, 0.717) is 24.0 Å². The van der Waals surface area contributed by atoms with E-state index in [0.717, 1.165) is 67.5 Å². The summed E-state index contributed by atoms with van der Waals surface area (Å²) in [5.74, 6) is 2.77. The van der Waals surface area contributed by atoms with Gasteiger partial charge in [0, 0.05) is 36.0 Å². The van der Waals surface area contributed by atoms with E-state index in [4.69, 9.17) is 11.6 Å². The topological polar surface area (TPSA) is 73.9 Å². The zero-order valence-electron chi connectivity index (χ0n) is 18.6. The van der Waals surface area contributed by atoms with Crippen LogP contribution < -0.4 is 4.90 Å². The second kappa shape index (κ2) is 7.00. The summed E-state index contributed by atoms with van der Waals surface area (Å²) in [7, 11) is 0. The molecule has 2 aromatic heterocycles. The Morgan fingerprint density at radius 3 is 2.62 bits per heavy atom. The van der Waals surface area contributed by atoms with Crippen molar-refractivity contribution in [1.82, 2.24) is 24.6 Å². The van der Waals surface area contributed by atoms with Gasteiger partial charge < -0.3 is 4.90 Å². The Bertz CT molecular complexity index is 1330. The number of nitrogens with zero attached hydrogens (tertiary/aromatic N) is 7. The van der Waals surface area contributed by atoms with Crippen molar-refractivity contribution in [2.75, 3.05) is 18.0 Å². The molecule has 0 unspecified atom stereocenters. The van der Waals surface area contributed by atoms with E-state index in [1.54, 1.807) is 6.07 Å². The highest BCUT2D eigenvalue weighted by atomic mass is 35.5. The first-order valence-corrected chi connectivity index (χ1v) is 12.1. The van der Waals surface area contributed by atoms with Crippen LogP contribution in [0.15, 0.2) is 36.5 Å². The maximum absolute atomic E-state index is 13.2. The first-order valence-electron chi connectivity index (χ1n) is 11.7. The number of halogens is 2. The van der Waals surface area contributed by atoms with Gasteiger partial charge in [0.05, 0.1) is 24.5 Å². The number of fused-ring (bicyclic) bond motifs is 3. The summed E-state index contributed by atoms with van der Waals surface area (Å²) in [6.07, 6.45) is 5.17. The van der Waals surface area contributed by atoms with Crippen LogP contribution in [-0.4, -0.2) is 43.3 Å². The van der Waals surface area contributed by atoms with Gasteiger partial charge in [-0.3, -0.25) is 9.47 Å². The third-order valence-electron chi connectivity index (χ3n) is 8.08. The Morgan fingerprint density at radius 2 is 1.91 bits per heavy atom. The molecule has 9 heteroatoms. The third kappa shape index (κ3) is 3.00. The predicted octanol–water partition coefficient (Wildman–Crippen LogP) is 4.21. The minimum Gasteiger partial charge on any atom is -0.355 e. The van der Waals surface area contributed by atoms with E-state index in [1.165, 1.54) is 12.3 Å². The number of pyridine rings is 1. The van der Waals surface area contributed by atoms with Crippen molar-refractivity contribution in [3.63, 3.8) is 0 Å². The average Bonchev–Trinajstić information content (AvgIpc) is 3.51. The molecule has 34 heavy (non-hydrogen) atoms. The first kappa shape index (κ1) is 20.4. The van der Waals surface area contributed by atoms with Crippen LogP contribution in [0.1, 0.15) is 48.8 Å². The standard InChI is InChI=1S/C25H23ClFN7/c26-18-1-3-20-16(7-18)11-33(25(13-28)5-6-25)12-22-30-31-23(34(20)22)17-8-24(9-17)14-32(15-24)21-4-2-19(27)10-29-21/h1-4,7,10,17H,5-6,8-9,11-12,14-15H2. The van der Waals surface area contributed by atoms with Crippen LogP contribution in [0.3, 0.4) is 0 Å². The van der Waals surface area contributed by atoms with Gasteiger partial charge in [-0.15, -0.1) is 10.2 Å². The molecule has 7 nitrogen and oxygen atoms in total. The summed E-state index contributed by atoms with van der Waals surface area (Å²) in [6, 6.07) is 11.7. The first-order chi connectivity index (χ1) is 16.5. The van der Waals surface area contributed by atoms with Crippen LogP contribution in [-0.2, 0) is 13.1 Å². The highest BCUT2D eigenvalue weighted by Gasteiger charge is 2.55. The third-order valence-corrected chi connectivity index (χ3v) is 8.32. The molecule has 2 saturated carbocycles. The van der Waals surface area contributed by atoms with Crippen LogP contribution >= 0.6 is 11.6 Å². The monoisotopic (exact) mass is 475 g/mol. The summed E-state index contributed by atoms with van der Waals surface area (Å²) in [5, 5.41) is 19.8. The Kier molecular flexibility index (Phi) is 4.19. The molecule has 0 atom stereocenters. The summed E-state index contributed by atoms with van der Waals surface area (Å²) in [4.78, 5) is 8.67. The highest BCUT2D eigenvalue weighted by Crippen LogP contribution is 2.56. The Labute approximate surface area is 201 Å². The molecule has 4 aliphatic rings. The lowest BCUT2D eigenvalue weighted by Gasteiger charge is -2.59. The average molecular weight is 476 g/mol. The van der Waals surface area contributed by atoms with Gasteiger partial charge in [0.2, 0.25) is 0 Å². The molecule has 0 amide bonds.